The number of benzene rings is 2. The number of aliphatic hydroxyl groups is 1. The van der Waals surface area contributed by atoms with Crippen molar-refractivity contribution in [1.29, 1.82) is 0 Å². The van der Waals surface area contributed by atoms with Gasteiger partial charge >= 0.3 is 5.69 Å². The van der Waals surface area contributed by atoms with Crippen molar-refractivity contribution in [3.8, 4) is 0 Å². The maximum Gasteiger partial charge on any atom is 0.332 e. The first-order chi connectivity index (χ1) is 15.0. The molecule has 0 bridgehead atoms. The van der Waals surface area contributed by atoms with Gasteiger partial charge in [-0.1, -0.05) is 48.0 Å². The van der Waals surface area contributed by atoms with Crippen LogP contribution in [0.5, 0.6) is 0 Å². The van der Waals surface area contributed by atoms with Crippen LogP contribution in [0.1, 0.15) is 5.56 Å². The van der Waals surface area contributed by atoms with E-state index < -0.39 is 17.4 Å². The van der Waals surface area contributed by atoms with Crippen LogP contribution in [-0.4, -0.2) is 36.4 Å². The number of para-hydroxylation sites is 1. The molecule has 1 aliphatic heterocycles. The zero-order valence-corrected chi connectivity index (χ0v) is 17.5. The van der Waals surface area contributed by atoms with Gasteiger partial charge in [-0.2, -0.15) is 4.98 Å². The summed E-state index contributed by atoms with van der Waals surface area (Å²) in [6, 6.07) is 16.6. The molecule has 8 nitrogen and oxygen atoms in total. The fourth-order valence-corrected chi connectivity index (χ4v) is 4.26. The fourth-order valence-electron chi connectivity index (χ4n) is 4.07. The monoisotopic (exact) mass is 437 g/mol. The Hall–Kier alpha value is -3.36. The smallest absolute Gasteiger partial charge is 0.332 e. The Bertz CT molecular complexity index is 1410. The van der Waals surface area contributed by atoms with Crippen LogP contribution in [-0.2, 0) is 20.1 Å². The van der Waals surface area contributed by atoms with Crippen molar-refractivity contribution >= 4 is 34.4 Å². The first kappa shape index (κ1) is 19.6. The lowest BCUT2D eigenvalue weighted by Crippen LogP contribution is -2.42. The summed E-state index contributed by atoms with van der Waals surface area (Å²) < 4.78 is 4.22. The summed E-state index contributed by atoms with van der Waals surface area (Å²) in [5, 5.41) is 11.0. The van der Waals surface area contributed by atoms with Crippen LogP contribution in [0, 0.1) is 0 Å². The molecule has 0 aliphatic carbocycles. The molecule has 2 aromatic heterocycles. The van der Waals surface area contributed by atoms with Crippen molar-refractivity contribution < 1.29 is 5.11 Å². The summed E-state index contributed by atoms with van der Waals surface area (Å²) in [5.74, 6) is 0.522. The number of aromatic nitrogens is 4. The van der Waals surface area contributed by atoms with E-state index in [1.165, 1.54) is 4.57 Å². The van der Waals surface area contributed by atoms with Crippen molar-refractivity contribution in [3.05, 3.63) is 86.0 Å². The molecule has 9 heteroatoms. The first-order valence-electron chi connectivity index (χ1n) is 9.90. The summed E-state index contributed by atoms with van der Waals surface area (Å²) in [7, 11) is 1.59. The predicted molar refractivity (Wildman–Crippen MR) is 119 cm³/mol. The van der Waals surface area contributed by atoms with Gasteiger partial charge in [0.1, 0.15) is 0 Å². The van der Waals surface area contributed by atoms with Gasteiger partial charge in [-0.25, -0.2) is 4.79 Å². The molecule has 2 aromatic carbocycles. The van der Waals surface area contributed by atoms with E-state index in [0.29, 0.717) is 23.1 Å². The number of hydrogen-bond acceptors (Lipinski definition) is 5. The van der Waals surface area contributed by atoms with E-state index in [2.05, 4.69) is 4.98 Å². The second-order valence-corrected chi connectivity index (χ2v) is 8.03. The molecular formula is C22H20ClN5O3. The van der Waals surface area contributed by atoms with Crippen LogP contribution in [0.3, 0.4) is 0 Å². The average molecular weight is 438 g/mol. The normalized spacial score (nSPS) is 16.0. The van der Waals surface area contributed by atoms with Gasteiger partial charge in [0.2, 0.25) is 5.95 Å². The van der Waals surface area contributed by atoms with Crippen molar-refractivity contribution in [1.82, 2.24) is 18.7 Å². The molecule has 5 rings (SSSR count). The van der Waals surface area contributed by atoms with Crippen LogP contribution in [0.2, 0.25) is 5.02 Å². The maximum atomic E-state index is 13.4. The SMILES string of the molecule is Cn1c(=O)n(Cc2ccccc2Cl)c(=O)c2c1nc1n2CC(O)CN1c1ccccc1. The second-order valence-electron chi connectivity index (χ2n) is 7.62. The largest absolute Gasteiger partial charge is 0.389 e. The van der Waals surface area contributed by atoms with E-state index in [9.17, 15) is 14.7 Å². The number of β-amino-alcohol motifs (C(OH)–C–C–N with tert-alkyl or cyclic N) is 1. The quantitative estimate of drug-likeness (QED) is 0.530. The Kier molecular flexibility index (Phi) is 4.68. The van der Waals surface area contributed by atoms with Gasteiger partial charge in [0.25, 0.3) is 5.56 Å². The minimum absolute atomic E-state index is 0.0482. The third kappa shape index (κ3) is 3.15. The predicted octanol–water partition coefficient (Wildman–Crippen LogP) is 2.11. The van der Waals surface area contributed by atoms with Crippen LogP contribution < -0.4 is 16.1 Å². The molecule has 0 saturated heterocycles. The van der Waals surface area contributed by atoms with E-state index in [1.54, 1.807) is 29.8 Å². The Labute approximate surface area is 182 Å². The van der Waals surface area contributed by atoms with Crippen molar-refractivity contribution in [3.63, 3.8) is 0 Å². The standard InChI is InChI=1S/C22H20ClN5O3/c1-25-19-18(20(30)28(22(25)31)11-14-7-5-6-10-17(14)23)27-13-16(29)12-26(21(27)24-19)15-8-3-2-4-9-15/h2-10,16,29H,11-13H2,1H3. The highest BCUT2D eigenvalue weighted by Gasteiger charge is 2.30. The Morgan fingerprint density at radius 2 is 1.77 bits per heavy atom. The number of fused-ring (bicyclic) bond motifs is 3. The van der Waals surface area contributed by atoms with Gasteiger partial charge in [-0.3, -0.25) is 13.9 Å². The maximum absolute atomic E-state index is 13.4. The van der Waals surface area contributed by atoms with Crippen LogP contribution in [0.15, 0.2) is 64.2 Å². The number of nitrogens with zero attached hydrogens (tertiary/aromatic N) is 5. The number of anilines is 2. The van der Waals surface area contributed by atoms with E-state index in [1.807, 2.05) is 41.3 Å². The van der Waals surface area contributed by atoms with Crippen molar-refractivity contribution in [2.24, 2.45) is 7.05 Å². The zero-order valence-electron chi connectivity index (χ0n) is 16.8. The molecule has 1 atom stereocenters. The summed E-state index contributed by atoms with van der Waals surface area (Å²) in [4.78, 5) is 33.0. The van der Waals surface area contributed by atoms with Crippen LogP contribution >= 0.6 is 11.6 Å². The summed E-state index contributed by atoms with van der Waals surface area (Å²) in [6.07, 6.45) is -0.696. The molecule has 0 spiro atoms. The molecular weight excluding hydrogens is 418 g/mol. The lowest BCUT2D eigenvalue weighted by Gasteiger charge is -2.32. The second kappa shape index (κ2) is 7.40. The molecule has 1 unspecified atom stereocenters. The van der Waals surface area contributed by atoms with Gasteiger partial charge in [-0.15, -0.1) is 0 Å². The van der Waals surface area contributed by atoms with Gasteiger partial charge in [-0.05, 0) is 23.8 Å². The molecule has 0 fully saturated rings. The molecule has 0 amide bonds. The fraction of sp³-hybridized carbons (Fsp3) is 0.227. The summed E-state index contributed by atoms with van der Waals surface area (Å²) in [5.41, 5.74) is 1.16. The van der Waals surface area contributed by atoms with E-state index >= 15 is 0 Å². The summed E-state index contributed by atoms with van der Waals surface area (Å²) in [6.45, 7) is 0.608. The van der Waals surface area contributed by atoms with Crippen molar-refractivity contribution in [2.75, 3.05) is 11.4 Å². The first-order valence-corrected chi connectivity index (χ1v) is 10.3. The lowest BCUT2D eigenvalue weighted by atomic mass is 10.2. The number of imidazole rings is 1. The third-order valence-corrected chi connectivity index (χ3v) is 5.96. The molecule has 4 aromatic rings. The Balaban J connectivity index is 1.74. The number of rotatable bonds is 3. The van der Waals surface area contributed by atoms with E-state index in [4.69, 9.17) is 11.6 Å². The number of aliphatic hydroxyl groups excluding tert-OH is 1. The third-order valence-electron chi connectivity index (χ3n) is 5.59. The van der Waals surface area contributed by atoms with Crippen LogP contribution in [0.4, 0.5) is 11.6 Å². The molecule has 3 heterocycles. The minimum atomic E-state index is -0.696. The zero-order chi connectivity index (χ0) is 21.7. The number of halogens is 1. The van der Waals surface area contributed by atoms with Crippen LogP contribution in [0.25, 0.3) is 11.2 Å². The lowest BCUT2D eigenvalue weighted by molar-refractivity contribution is 0.154. The molecule has 158 valence electrons. The van der Waals surface area contributed by atoms with E-state index in [0.717, 1.165) is 10.3 Å². The highest BCUT2D eigenvalue weighted by Crippen LogP contribution is 2.30. The molecule has 0 radical (unpaired) electrons. The number of hydrogen-bond donors (Lipinski definition) is 1. The van der Waals surface area contributed by atoms with Crippen molar-refractivity contribution in [2.45, 2.75) is 19.2 Å². The highest BCUT2D eigenvalue weighted by atomic mass is 35.5. The molecule has 1 N–H and O–H groups in total. The molecule has 31 heavy (non-hydrogen) atoms. The Morgan fingerprint density at radius 3 is 2.52 bits per heavy atom. The highest BCUT2D eigenvalue weighted by molar-refractivity contribution is 6.31. The molecule has 1 aliphatic rings. The number of aryl methyl sites for hydroxylation is 1. The van der Waals surface area contributed by atoms with Gasteiger partial charge < -0.3 is 14.6 Å². The summed E-state index contributed by atoms with van der Waals surface area (Å²) >= 11 is 6.26. The topological polar surface area (TPSA) is 85.3 Å². The average Bonchev–Trinajstić information content (AvgIpc) is 3.16. The van der Waals surface area contributed by atoms with Gasteiger partial charge in [0.15, 0.2) is 11.2 Å². The van der Waals surface area contributed by atoms with Gasteiger partial charge in [0.05, 0.1) is 25.7 Å². The minimum Gasteiger partial charge on any atom is -0.389 e. The van der Waals surface area contributed by atoms with E-state index in [-0.39, 0.29) is 24.3 Å². The Morgan fingerprint density at radius 1 is 1.06 bits per heavy atom. The van der Waals surface area contributed by atoms with Gasteiger partial charge in [0, 0.05) is 17.8 Å². The molecule has 0 saturated carbocycles.